The molecule has 2 heterocycles. The third kappa shape index (κ3) is 2.58. The molecule has 94 valence electrons. The molecule has 0 fully saturated rings. The maximum atomic E-state index is 11.6. The van der Waals surface area contributed by atoms with Crippen LogP contribution in [0.1, 0.15) is 5.01 Å². The highest BCUT2D eigenvalue weighted by atomic mass is 32.1. The van der Waals surface area contributed by atoms with Gasteiger partial charge in [-0.15, -0.1) is 10.2 Å². The first-order valence-corrected chi connectivity index (χ1v) is 6.54. The van der Waals surface area contributed by atoms with Gasteiger partial charge < -0.3 is 0 Å². The summed E-state index contributed by atoms with van der Waals surface area (Å²) in [6.45, 7) is 0.351. The van der Waals surface area contributed by atoms with E-state index in [9.17, 15) is 4.79 Å². The smallest absolute Gasteiger partial charge is 0.267 e. The number of benzene rings is 1. The van der Waals surface area contributed by atoms with E-state index in [4.69, 9.17) is 0 Å². The number of rotatable bonds is 3. The zero-order chi connectivity index (χ0) is 13.1. The number of hydrogen-bond acceptors (Lipinski definition) is 5. The van der Waals surface area contributed by atoms with E-state index < -0.39 is 0 Å². The fraction of sp³-hybridized carbons (Fsp3) is 0.0769. The van der Waals surface area contributed by atoms with Crippen LogP contribution < -0.4 is 5.56 Å². The van der Waals surface area contributed by atoms with Crippen molar-refractivity contribution in [3.05, 3.63) is 64.0 Å². The van der Waals surface area contributed by atoms with Gasteiger partial charge in [-0.05, 0) is 6.07 Å². The SMILES string of the molecule is O=c1cccnn1Cc1nnc(-c2ccccc2)s1. The molecule has 0 aliphatic carbocycles. The lowest BCUT2D eigenvalue weighted by Crippen LogP contribution is -2.21. The van der Waals surface area contributed by atoms with Crippen LogP contribution in [0.5, 0.6) is 0 Å². The topological polar surface area (TPSA) is 60.7 Å². The average Bonchev–Trinajstić information content (AvgIpc) is 2.91. The summed E-state index contributed by atoms with van der Waals surface area (Å²) in [6.07, 6.45) is 1.58. The first kappa shape index (κ1) is 11.7. The Labute approximate surface area is 113 Å². The van der Waals surface area contributed by atoms with Gasteiger partial charge >= 0.3 is 0 Å². The Morgan fingerprint density at radius 1 is 1.05 bits per heavy atom. The lowest BCUT2D eigenvalue weighted by molar-refractivity contribution is 0.632. The molecular formula is C13H10N4OS. The Bertz CT molecular complexity index is 735. The molecule has 0 N–H and O–H groups in total. The molecule has 0 saturated carbocycles. The molecule has 6 heteroatoms. The van der Waals surface area contributed by atoms with Crippen LogP contribution in [0, 0.1) is 0 Å². The van der Waals surface area contributed by atoms with Crippen LogP contribution in [0.3, 0.4) is 0 Å². The molecule has 1 aromatic carbocycles. The highest BCUT2D eigenvalue weighted by molar-refractivity contribution is 7.14. The molecule has 0 bridgehead atoms. The van der Waals surface area contributed by atoms with Crippen LogP contribution >= 0.6 is 11.3 Å². The molecule has 0 amide bonds. The van der Waals surface area contributed by atoms with Crippen molar-refractivity contribution in [3.63, 3.8) is 0 Å². The number of nitrogens with zero attached hydrogens (tertiary/aromatic N) is 4. The van der Waals surface area contributed by atoms with Crippen LogP contribution in [-0.4, -0.2) is 20.0 Å². The van der Waals surface area contributed by atoms with Crippen molar-refractivity contribution in [1.82, 2.24) is 20.0 Å². The molecule has 0 aliphatic rings. The van der Waals surface area contributed by atoms with Crippen molar-refractivity contribution in [2.75, 3.05) is 0 Å². The highest BCUT2D eigenvalue weighted by Crippen LogP contribution is 2.22. The molecule has 0 aliphatic heterocycles. The summed E-state index contributed by atoms with van der Waals surface area (Å²) in [5.74, 6) is 0. The minimum atomic E-state index is -0.140. The molecule has 0 unspecified atom stereocenters. The fourth-order valence-electron chi connectivity index (χ4n) is 1.65. The molecule has 0 spiro atoms. The van der Waals surface area contributed by atoms with E-state index in [0.29, 0.717) is 6.54 Å². The van der Waals surface area contributed by atoms with Crippen molar-refractivity contribution in [2.45, 2.75) is 6.54 Å². The Hall–Kier alpha value is -2.34. The maximum Gasteiger partial charge on any atom is 0.267 e. The minimum Gasteiger partial charge on any atom is -0.268 e. The summed E-state index contributed by atoms with van der Waals surface area (Å²) in [4.78, 5) is 11.6. The standard InChI is InChI=1S/C13H10N4OS/c18-12-7-4-8-14-17(12)9-11-15-16-13(19-11)10-5-2-1-3-6-10/h1-8H,9H2. The highest BCUT2D eigenvalue weighted by Gasteiger charge is 2.07. The van der Waals surface area contributed by atoms with E-state index in [1.165, 1.54) is 22.1 Å². The van der Waals surface area contributed by atoms with Gasteiger partial charge in [0.2, 0.25) is 0 Å². The van der Waals surface area contributed by atoms with Gasteiger partial charge in [0.05, 0.1) is 6.54 Å². The Morgan fingerprint density at radius 2 is 1.89 bits per heavy atom. The van der Waals surface area contributed by atoms with E-state index in [1.54, 1.807) is 12.3 Å². The molecule has 2 aromatic heterocycles. The van der Waals surface area contributed by atoms with Gasteiger partial charge in [0, 0.05) is 17.8 Å². The predicted octanol–water partition coefficient (Wildman–Crippen LogP) is 1.81. The lowest BCUT2D eigenvalue weighted by atomic mass is 10.2. The molecule has 0 radical (unpaired) electrons. The van der Waals surface area contributed by atoms with E-state index in [0.717, 1.165) is 15.6 Å². The Balaban J connectivity index is 1.87. The summed E-state index contributed by atoms with van der Waals surface area (Å²) in [5.41, 5.74) is 0.888. The van der Waals surface area contributed by atoms with Crippen molar-refractivity contribution in [2.24, 2.45) is 0 Å². The van der Waals surface area contributed by atoms with Crippen LogP contribution in [-0.2, 0) is 6.54 Å². The van der Waals surface area contributed by atoms with Crippen molar-refractivity contribution in [3.8, 4) is 10.6 Å². The fourth-order valence-corrected chi connectivity index (χ4v) is 2.48. The monoisotopic (exact) mass is 270 g/mol. The minimum absolute atomic E-state index is 0.140. The second-order valence-corrected chi connectivity index (χ2v) is 4.95. The summed E-state index contributed by atoms with van der Waals surface area (Å²) in [6, 6.07) is 12.9. The zero-order valence-electron chi connectivity index (χ0n) is 9.93. The largest absolute Gasteiger partial charge is 0.268 e. The summed E-state index contributed by atoms with van der Waals surface area (Å²) in [5, 5.41) is 13.8. The molecule has 5 nitrogen and oxygen atoms in total. The number of hydrogen-bond donors (Lipinski definition) is 0. The number of aromatic nitrogens is 4. The molecule has 3 rings (SSSR count). The normalized spacial score (nSPS) is 10.5. The van der Waals surface area contributed by atoms with Gasteiger partial charge in [-0.1, -0.05) is 41.7 Å². The van der Waals surface area contributed by atoms with Crippen LogP contribution in [0.25, 0.3) is 10.6 Å². The summed E-state index contributed by atoms with van der Waals surface area (Å²) < 4.78 is 1.37. The van der Waals surface area contributed by atoms with Crippen LogP contribution in [0.15, 0.2) is 53.5 Å². The van der Waals surface area contributed by atoms with E-state index in [2.05, 4.69) is 15.3 Å². The van der Waals surface area contributed by atoms with Crippen LogP contribution in [0.2, 0.25) is 0 Å². The zero-order valence-corrected chi connectivity index (χ0v) is 10.7. The molecule has 0 saturated heterocycles. The predicted molar refractivity (Wildman–Crippen MR) is 72.9 cm³/mol. The second-order valence-electron chi connectivity index (χ2n) is 3.89. The Morgan fingerprint density at radius 3 is 2.68 bits per heavy atom. The van der Waals surface area contributed by atoms with E-state index in [1.807, 2.05) is 30.3 Å². The van der Waals surface area contributed by atoms with Crippen LogP contribution in [0.4, 0.5) is 0 Å². The third-order valence-corrected chi connectivity index (χ3v) is 3.52. The molecular weight excluding hydrogens is 260 g/mol. The third-order valence-electron chi connectivity index (χ3n) is 2.56. The first-order valence-electron chi connectivity index (χ1n) is 5.73. The summed E-state index contributed by atoms with van der Waals surface area (Å²) in [7, 11) is 0. The molecule has 19 heavy (non-hydrogen) atoms. The summed E-state index contributed by atoms with van der Waals surface area (Å²) >= 11 is 1.47. The van der Waals surface area contributed by atoms with E-state index >= 15 is 0 Å². The first-order chi connectivity index (χ1) is 9.33. The maximum absolute atomic E-state index is 11.6. The lowest BCUT2D eigenvalue weighted by Gasteiger charge is -1.98. The van der Waals surface area contributed by atoms with Gasteiger partial charge in [-0.25, -0.2) is 4.68 Å². The van der Waals surface area contributed by atoms with Gasteiger partial charge in [0.15, 0.2) is 0 Å². The van der Waals surface area contributed by atoms with Gasteiger partial charge in [-0.2, -0.15) is 5.10 Å². The van der Waals surface area contributed by atoms with E-state index in [-0.39, 0.29) is 5.56 Å². The van der Waals surface area contributed by atoms with Crippen molar-refractivity contribution >= 4 is 11.3 Å². The van der Waals surface area contributed by atoms with Gasteiger partial charge in [-0.3, -0.25) is 4.79 Å². The Kier molecular flexibility index (Phi) is 3.16. The van der Waals surface area contributed by atoms with Gasteiger partial charge in [0.1, 0.15) is 10.0 Å². The molecule has 0 atom stereocenters. The molecule has 3 aromatic rings. The quantitative estimate of drug-likeness (QED) is 0.728. The van der Waals surface area contributed by atoms with Gasteiger partial charge in [0.25, 0.3) is 5.56 Å². The second kappa shape index (κ2) is 5.11. The van der Waals surface area contributed by atoms with Crippen molar-refractivity contribution in [1.29, 1.82) is 0 Å². The van der Waals surface area contributed by atoms with Crippen molar-refractivity contribution < 1.29 is 0 Å². The average molecular weight is 270 g/mol.